The maximum absolute atomic E-state index is 9.82. The van der Waals surface area contributed by atoms with Gasteiger partial charge in [-0.2, -0.15) is 0 Å². The van der Waals surface area contributed by atoms with Crippen molar-refractivity contribution in [3.8, 4) is 44.8 Å². The quantitative estimate of drug-likeness (QED) is 0.173. The average molecular weight is 669 g/mol. The molecule has 0 saturated carbocycles. The van der Waals surface area contributed by atoms with Crippen LogP contribution in [0.25, 0.3) is 88.4 Å². The Morgan fingerprint density at radius 2 is 0.680 bits per heavy atom. The van der Waals surface area contributed by atoms with Crippen LogP contribution in [-0.2, 0) is 0 Å². The number of para-hydroxylation sites is 2. The number of fused-ring (bicyclic) bond motifs is 7. The van der Waals surface area contributed by atoms with Crippen molar-refractivity contribution in [1.82, 2.24) is 9.13 Å². The summed E-state index contributed by atoms with van der Waals surface area (Å²) in [5.41, 5.74) is -9.68. The second-order valence-electron chi connectivity index (χ2n) is 10.5. The largest absolute Gasteiger partial charge is 0.309 e. The Hall–Kier alpha value is -6.64. The zero-order chi connectivity index (χ0) is 60.9. The van der Waals surface area contributed by atoms with E-state index in [1.165, 1.54) is 0 Å². The summed E-state index contributed by atoms with van der Waals surface area (Å²) in [5.74, 6) is 0. The molecule has 0 amide bonds. The highest BCUT2D eigenvalue weighted by Gasteiger charge is 2.20. The summed E-state index contributed by atoms with van der Waals surface area (Å²) in [6, 6.07) is -31.7. The summed E-state index contributed by atoms with van der Waals surface area (Å²) in [7, 11) is 0. The Kier molecular flexibility index (Phi) is 2.52. The highest BCUT2D eigenvalue weighted by Crippen LogP contribution is 2.42. The molecule has 0 unspecified atom stereocenters. The van der Waals surface area contributed by atoms with Crippen molar-refractivity contribution in [3.05, 3.63) is 193 Å². The van der Waals surface area contributed by atoms with Gasteiger partial charge in [-0.25, -0.2) is 0 Å². The first-order valence-electron chi connectivity index (χ1n) is 30.6. The van der Waals surface area contributed by atoms with Gasteiger partial charge in [-0.1, -0.05) is 145 Å². The Bertz CT molecular complexity index is 4590. The minimum atomic E-state index is -1.13. The number of hydrogen-bond acceptors (Lipinski definition) is 0. The normalized spacial score (nSPS) is 20.6. The summed E-state index contributed by atoms with van der Waals surface area (Å²) in [6.45, 7) is 0. The molecule has 0 aliphatic carbocycles. The molecule has 0 spiro atoms. The van der Waals surface area contributed by atoms with E-state index in [0.717, 1.165) is 0 Å². The van der Waals surface area contributed by atoms with Gasteiger partial charge < -0.3 is 9.13 Å². The second kappa shape index (κ2) is 11.5. The van der Waals surface area contributed by atoms with Gasteiger partial charge in [0.2, 0.25) is 0 Å². The van der Waals surface area contributed by atoms with E-state index in [4.69, 9.17) is 24.7 Å². The topological polar surface area (TPSA) is 9.86 Å². The highest BCUT2D eigenvalue weighted by atomic mass is 15.0. The zero-order valence-corrected chi connectivity index (χ0v) is 24.9. The zero-order valence-electron chi connectivity index (χ0n) is 56.9. The Labute approximate surface area is 335 Å². The van der Waals surface area contributed by atoms with Crippen LogP contribution in [0.3, 0.4) is 0 Å². The number of benzene rings is 8. The number of rotatable bonds is 5. The van der Waals surface area contributed by atoms with Crippen molar-refractivity contribution in [2.45, 2.75) is 0 Å². The highest BCUT2D eigenvalue weighted by molar-refractivity contribution is 6.28. The third-order valence-corrected chi connectivity index (χ3v) is 7.80. The summed E-state index contributed by atoms with van der Waals surface area (Å²) in [5, 5.41) is -2.44. The van der Waals surface area contributed by atoms with Gasteiger partial charge in [0.15, 0.2) is 0 Å². The van der Waals surface area contributed by atoms with Gasteiger partial charge in [0.25, 0.3) is 0 Å². The van der Waals surface area contributed by atoms with E-state index in [1.54, 1.807) is 0 Å². The van der Waals surface area contributed by atoms with E-state index in [2.05, 4.69) is 0 Å². The van der Waals surface area contributed by atoms with Gasteiger partial charge in [-0.05, 0) is 81.7 Å². The predicted molar refractivity (Wildman–Crippen MR) is 211 cm³/mol. The van der Waals surface area contributed by atoms with Crippen LogP contribution in [0.1, 0.15) is 43.9 Å². The Morgan fingerprint density at radius 3 is 1.22 bits per heavy atom. The fourth-order valence-electron chi connectivity index (χ4n) is 5.71. The fraction of sp³-hybridized carbons (Fsp3) is 0. The standard InChI is InChI=1S/C48H32N2/c1-3-12-33(13-4-1)35-22-24-37(25-23-35)38-16-11-17-40(32-38)50-44-21-10-8-19-42(44)48-46(50)31-30-45-47(48)41-18-7-9-20-43(41)49(45)39-28-26-36(27-29-39)34-14-5-2-6-15-34/h1-32H/i1D,2D,3D,4D,5D,6D,7D,8D,9D,10D,11D,12D,13D,14D,15D,16D,17D,18D,19D,20D,21D,22D,23D,24D,25D,26D,27D,28D,29D,30D,31D,32D. The molecule has 8 aromatic carbocycles. The third-order valence-electron chi connectivity index (χ3n) is 7.80. The number of hydrogen-bond donors (Lipinski definition) is 0. The predicted octanol–water partition coefficient (Wildman–Crippen LogP) is 12.9. The molecule has 0 saturated heterocycles. The average Bonchev–Trinajstić information content (AvgIpc) is 2.66. The van der Waals surface area contributed by atoms with Crippen LogP contribution < -0.4 is 0 Å². The summed E-state index contributed by atoms with van der Waals surface area (Å²) < 4.78 is 288. The molecule has 0 aliphatic rings. The first-order valence-corrected chi connectivity index (χ1v) is 14.6. The smallest absolute Gasteiger partial charge is 0.0651 e. The van der Waals surface area contributed by atoms with Crippen molar-refractivity contribution in [2.24, 2.45) is 0 Å². The minimum Gasteiger partial charge on any atom is -0.309 e. The lowest BCUT2D eigenvalue weighted by molar-refractivity contribution is 1.17. The van der Waals surface area contributed by atoms with Crippen molar-refractivity contribution in [1.29, 1.82) is 0 Å². The molecule has 2 heteroatoms. The maximum Gasteiger partial charge on any atom is 0.0651 e. The monoisotopic (exact) mass is 668 g/mol. The lowest BCUT2D eigenvalue weighted by atomic mass is 10.00. The van der Waals surface area contributed by atoms with E-state index in [9.17, 15) is 19.2 Å². The first-order chi connectivity index (χ1) is 38.1. The van der Waals surface area contributed by atoms with Gasteiger partial charge in [-0.15, -0.1) is 0 Å². The maximum atomic E-state index is 9.82. The van der Waals surface area contributed by atoms with Crippen molar-refractivity contribution >= 4 is 43.6 Å². The Balaban J connectivity index is 1.42. The van der Waals surface area contributed by atoms with Crippen LogP contribution >= 0.6 is 0 Å². The molecule has 0 bridgehead atoms. The van der Waals surface area contributed by atoms with Gasteiger partial charge >= 0.3 is 0 Å². The summed E-state index contributed by atoms with van der Waals surface area (Å²) >= 11 is 0. The molecular weight excluding hydrogens is 605 g/mol. The SMILES string of the molecule is [2H]c1c([2H])c([2H])c(-c2c([2H])c([2H])c(-c3c([2H])c([2H])c([2H])c(-n4c5c([2H])c([2H])c([2H])c([2H])c5c5c6c7c([2H])c([2H])c([2H])c([2H])c7n(-c7c([2H])c([2H])c(-c8c([2H])c([2H])c([2H])c([2H])c8[2H])c([2H])c7[2H])c6c([2H])c([2H])c54)c3[2H])c([2H])c2[2H])c([2H])c1[2H]. The molecule has 50 heavy (non-hydrogen) atoms. The van der Waals surface area contributed by atoms with Gasteiger partial charge in [0, 0.05) is 32.9 Å². The van der Waals surface area contributed by atoms with Crippen LogP contribution in [-0.4, -0.2) is 9.13 Å². The fourth-order valence-corrected chi connectivity index (χ4v) is 5.71. The van der Waals surface area contributed by atoms with Gasteiger partial charge in [-0.3, -0.25) is 0 Å². The molecule has 0 N–H and O–H groups in total. The molecule has 2 nitrogen and oxygen atoms in total. The number of nitrogens with zero attached hydrogens (tertiary/aromatic N) is 2. The lowest BCUT2D eigenvalue weighted by Gasteiger charge is -2.12. The summed E-state index contributed by atoms with van der Waals surface area (Å²) in [6.07, 6.45) is 0. The number of aromatic nitrogens is 2. The van der Waals surface area contributed by atoms with Crippen LogP contribution in [0.15, 0.2) is 193 Å². The molecule has 2 aromatic heterocycles. The molecule has 2 heterocycles. The van der Waals surface area contributed by atoms with Crippen molar-refractivity contribution in [2.75, 3.05) is 0 Å². The Morgan fingerprint density at radius 1 is 0.280 bits per heavy atom. The molecule has 0 aliphatic heterocycles. The third kappa shape index (κ3) is 4.50. The van der Waals surface area contributed by atoms with Crippen LogP contribution in [0.4, 0.5) is 0 Å². The van der Waals surface area contributed by atoms with E-state index in [0.29, 0.717) is 9.13 Å². The minimum absolute atomic E-state index is 0.581. The van der Waals surface area contributed by atoms with Gasteiger partial charge in [0.1, 0.15) is 0 Å². The first kappa shape index (κ1) is 10.9. The van der Waals surface area contributed by atoms with Crippen LogP contribution in [0.2, 0.25) is 0 Å². The van der Waals surface area contributed by atoms with Crippen molar-refractivity contribution < 1.29 is 43.9 Å². The van der Waals surface area contributed by atoms with Crippen molar-refractivity contribution in [3.63, 3.8) is 0 Å². The van der Waals surface area contributed by atoms with Crippen LogP contribution in [0.5, 0.6) is 0 Å². The molecule has 0 radical (unpaired) electrons. The molecular formula is C48H32N2. The van der Waals surface area contributed by atoms with Gasteiger partial charge in [0.05, 0.1) is 65.9 Å². The second-order valence-corrected chi connectivity index (χ2v) is 10.5. The van der Waals surface area contributed by atoms with E-state index < -0.39 is 282 Å². The van der Waals surface area contributed by atoms with E-state index in [1.807, 2.05) is 0 Å². The molecule has 0 atom stereocenters. The molecule has 0 fully saturated rings. The van der Waals surface area contributed by atoms with E-state index in [-0.39, 0.29) is 0 Å². The summed E-state index contributed by atoms with van der Waals surface area (Å²) in [4.78, 5) is 0. The molecule has 10 rings (SSSR count). The molecule has 10 aromatic rings. The van der Waals surface area contributed by atoms with Crippen LogP contribution in [0, 0.1) is 0 Å². The van der Waals surface area contributed by atoms with E-state index >= 15 is 0 Å². The molecule has 234 valence electrons. The lowest BCUT2D eigenvalue weighted by Crippen LogP contribution is -1.95.